The van der Waals surface area contributed by atoms with Crippen LogP contribution in [0.4, 0.5) is 0 Å². The molecule has 0 radical (unpaired) electrons. The van der Waals surface area contributed by atoms with E-state index in [9.17, 15) is 4.79 Å². The van der Waals surface area contributed by atoms with Gasteiger partial charge in [-0.2, -0.15) is 0 Å². The standard InChI is InChI=1S/C17H14Cl2O4/c1-21-15-6-5-10(16-17(15)23-8-7-22-16)14(20)9-11-12(18)3-2-4-13(11)19/h2-6H,7-9H2,1H3. The molecule has 2 aromatic rings. The molecule has 6 heteroatoms. The van der Waals surface area contributed by atoms with Gasteiger partial charge >= 0.3 is 0 Å². The zero-order valence-electron chi connectivity index (χ0n) is 12.4. The van der Waals surface area contributed by atoms with Crippen LogP contribution in [0.3, 0.4) is 0 Å². The molecule has 1 heterocycles. The van der Waals surface area contributed by atoms with E-state index in [1.807, 2.05) is 0 Å². The van der Waals surface area contributed by atoms with Crippen molar-refractivity contribution in [3.63, 3.8) is 0 Å². The van der Waals surface area contributed by atoms with Gasteiger partial charge < -0.3 is 14.2 Å². The highest BCUT2D eigenvalue weighted by Gasteiger charge is 2.25. The highest BCUT2D eigenvalue weighted by Crippen LogP contribution is 2.42. The largest absolute Gasteiger partial charge is 0.493 e. The van der Waals surface area contributed by atoms with Gasteiger partial charge in [-0.25, -0.2) is 0 Å². The molecule has 23 heavy (non-hydrogen) atoms. The molecular formula is C17H14Cl2O4. The minimum atomic E-state index is -0.149. The van der Waals surface area contributed by atoms with Crippen molar-refractivity contribution < 1.29 is 19.0 Å². The molecule has 1 aliphatic heterocycles. The van der Waals surface area contributed by atoms with Gasteiger partial charge in [0.1, 0.15) is 13.2 Å². The van der Waals surface area contributed by atoms with E-state index in [4.69, 9.17) is 37.4 Å². The fraction of sp³-hybridized carbons (Fsp3) is 0.235. The fourth-order valence-corrected chi connectivity index (χ4v) is 2.98. The van der Waals surface area contributed by atoms with Gasteiger partial charge in [0.15, 0.2) is 17.3 Å². The van der Waals surface area contributed by atoms with Crippen LogP contribution in [0.5, 0.6) is 17.2 Å². The van der Waals surface area contributed by atoms with Gasteiger partial charge in [-0.3, -0.25) is 4.79 Å². The highest BCUT2D eigenvalue weighted by atomic mass is 35.5. The zero-order valence-corrected chi connectivity index (χ0v) is 13.9. The summed E-state index contributed by atoms with van der Waals surface area (Å²) in [4.78, 5) is 12.7. The molecule has 0 fully saturated rings. The van der Waals surface area contributed by atoms with Crippen molar-refractivity contribution in [1.29, 1.82) is 0 Å². The average molecular weight is 353 g/mol. The van der Waals surface area contributed by atoms with Gasteiger partial charge in [-0.1, -0.05) is 29.3 Å². The molecule has 4 nitrogen and oxygen atoms in total. The van der Waals surface area contributed by atoms with Crippen molar-refractivity contribution in [2.75, 3.05) is 20.3 Å². The Labute approximate surface area is 143 Å². The lowest BCUT2D eigenvalue weighted by molar-refractivity contribution is 0.0981. The van der Waals surface area contributed by atoms with Crippen molar-refractivity contribution in [3.05, 3.63) is 51.5 Å². The number of methoxy groups -OCH3 is 1. The van der Waals surface area contributed by atoms with E-state index in [1.165, 1.54) is 0 Å². The first-order valence-corrected chi connectivity index (χ1v) is 7.80. The number of benzene rings is 2. The summed E-state index contributed by atoms with van der Waals surface area (Å²) < 4.78 is 16.4. The molecule has 0 amide bonds. The van der Waals surface area contributed by atoms with Crippen molar-refractivity contribution in [2.24, 2.45) is 0 Å². The molecule has 1 aliphatic rings. The number of hydrogen-bond acceptors (Lipinski definition) is 4. The number of hydrogen-bond donors (Lipinski definition) is 0. The maximum atomic E-state index is 12.7. The Morgan fingerprint density at radius 3 is 2.39 bits per heavy atom. The van der Waals surface area contributed by atoms with Crippen molar-refractivity contribution in [2.45, 2.75) is 6.42 Å². The molecule has 3 rings (SSSR count). The normalized spacial score (nSPS) is 12.8. The molecule has 0 aliphatic carbocycles. The third-order valence-corrected chi connectivity index (χ3v) is 4.28. The molecule has 0 N–H and O–H groups in total. The first kappa shape index (κ1) is 16.0. The second-order valence-corrected chi connectivity index (χ2v) is 5.79. The van der Waals surface area contributed by atoms with Crippen LogP contribution in [-0.2, 0) is 6.42 Å². The van der Waals surface area contributed by atoms with Crippen LogP contribution < -0.4 is 14.2 Å². The summed E-state index contributed by atoms with van der Waals surface area (Å²) in [7, 11) is 1.54. The molecule has 120 valence electrons. The summed E-state index contributed by atoms with van der Waals surface area (Å²) in [5, 5.41) is 0.927. The van der Waals surface area contributed by atoms with Crippen LogP contribution in [0.2, 0.25) is 10.0 Å². The maximum absolute atomic E-state index is 12.7. The van der Waals surface area contributed by atoms with E-state index >= 15 is 0 Å². The third-order valence-electron chi connectivity index (χ3n) is 3.57. The molecule has 0 unspecified atom stereocenters. The Bertz CT molecular complexity index is 738. The van der Waals surface area contributed by atoms with Gasteiger partial charge in [0, 0.05) is 16.5 Å². The van der Waals surface area contributed by atoms with Crippen LogP contribution in [0.25, 0.3) is 0 Å². The summed E-state index contributed by atoms with van der Waals surface area (Å²) in [6.07, 6.45) is 0.0840. The van der Waals surface area contributed by atoms with Crippen molar-refractivity contribution in [3.8, 4) is 17.2 Å². The second kappa shape index (κ2) is 6.69. The summed E-state index contributed by atoms with van der Waals surface area (Å²) in [6, 6.07) is 8.51. The van der Waals surface area contributed by atoms with Gasteiger partial charge in [0.05, 0.1) is 12.7 Å². The first-order chi connectivity index (χ1) is 11.1. The molecule has 0 atom stereocenters. The highest BCUT2D eigenvalue weighted by molar-refractivity contribution is 6.36. The van der Waals surface area contributed by atoms with E-state index in [-0.39, 0.29) is 12.2 Å². The molecule has 0 spiro atoms. The number of fused-ring (bicyclic) bond motifs is 1. The number of carbonyl (C=O) groups is 1. The Morgan fingerprint density at radius 2 is 1.74 bits per heavy atom. The number of rotatable bonds is 4. The third kappa shape index (κ3) is 3.09. The number of carbonyl (C=O) groups excluding carboxylic acids is 1. The quantitative estimate of drug-likeness (QED) is 0.773. The van der Waals surface area contributed by atoms with E-state index in [0.717, 1.165) is 0 Å². The Balaban J connectivity index is 1.97. The lowest BCUT2D eigenvalue weighted by Gasteiger charge is -2.22. The van der Waals surface area contributed by atoms with Crippen LogP contribution >= 0.6 is 23.2 Å². The van der Waals surface area contributed by atoms with Crippen LogP contribution in [-0.4, -0.2) is 26.1 Å². The summed E-state index contributed by atoms with van der Waals surface area (Å²) in [5.74, 6) is 1.25. The van der Waals surface area contributed by atoms with E-state index in [2.05, 4.69) is 0 Å². The molecule has 0 bridgehead atoms. The van der Waals surface area contributed by atoms with E-state index < -0.39 is 0 Å². The predicted molar refractivity (Wildman–Crippen MR) is 88.5 cm³/mol. The van der Waals surface area contributed by atoms with Gasteiger partial charge in [-0.05, 0) is 29.8 Å². The maximum Gasteiger partial charge on any atom is 0.204 e. The number of ketones is 1. The van der Waals surface area contributed by atoms with Crippen LogP contribution in [0.1, 0.15) is 15.9 Å². The molecule has 0 aromatic heterocycles. The van der Waals surface area contributed by atoms with Crippen LogP contribution in [0, 0.1) is 0 Å². The first-order valence-electron chi connectivity index (χ1n) is 7.04. The Hall–Kier alpha value is -1.91. The Kier molecular flexibility index (Phi) is 4.64. The number of ether oxygens (including phenoxy) is 3. The molecule has 0 saturated heterocycles. The second-order valence-electron chi connectivity index (χ2n) is 4.97. The monoisotopic (exact) mass is 352 g/mol. The van der Waals surface area contributed by atoms with Crippen molar-refractivity contribution in [1.82, 2.24) is 0 Å². The molecular weight excluding hydrogens is 339 g/mol. The Morgan fingerprint density at radius 1 is 1.09 bits per heavy atom. The van der Waals surface area contributed by atoms with E-state index in [1.54, 1.807) is 37.4 Å². The average Bonchev–Trinajstić information content (AvgIpc) is 2.57. The van der Waals surface area contributed by atoms with Crippen molar-refractivity contribution >= 4 is 29.0 Å². The lowest BCUT2D eigenvalue weighted by atomic mass is 10.0. The minimum Gasteiger partial charge on any atom is -0.493 e. The summed E-state index contributed by atoms with van der Waals surface area (Å²) in [6.45, 7) is 0.796. The number of halogens is 2. The SMILES string of the molecule is COc1ccc(C(=O)Cc2c(Cl)cccc2Cl)c2c1OCCO2. The topological polar surface area (TPSA) is 44.8 Å². The zero-order chi connectivity index (χ0) is 16.4. The lowest BCUT2D eigenvalue weighted by Crippen LogP contribution is -2.19. The molecule has 0 saturated carbocycles. The van der Waals surface area contributed by atoms with Gasteiger partial charge in [-0.15, -0.1) is 0 Å². The minimum absolute atomic E-state index is 0.0840. The van der Waals surface area contributed by atoms with Gasteiger partial charge in [0.2, 0.25) is 5.75 Å². The fourth-order valence-electron chi connectivity index (χ4n) is 2.45. The van der Waals surface area contributed by atoms with E-state index in [0.29, 0.717) is 51.6 Å². The summed E-state index contributed by atoms with van der Waals surface area (Å²) >= 11 is 12.3. The van der Waals surface area contributed by atoms with Crippen LogP contribution in [0.15, 0.2) is 30.3 Å². The van der Waals surface area contributed by atoms with Gasteiger partial charge in [0.25, 0.3) is 0 Å². The number of Topliss-reactive ketones (excluding diaryl/α,β-unsaturated/α-hetero) is 1. The summed E-state index contributed by atoms with van der Waals surface area (Å²) in [5.41, 5.74) is 1.03. The molecule has 2 aromatic carbocycles. The smallest absolute Gasteiger partial charge is 0.204 e. The predicted octanol–water partition coefficient (Wildman–Crippen LogP) is 4.20.